The quantitative estimate of drug-likeness (QED) is 0.675. The van der Waals surface area contributed by atoms with Gasteiger partial charge in [0.1, 0.15) is 16.3 Å². The molecule has 0 atom stereocenters. The van der Waals surface area contributed by atoms with Gasteiger partial charge in [0.05, 0.1) is 19.3 Å². The second-order valence-electron chi connectivity index (χ2n) is 5.86. The van der Waals surface area contributed by atoms with E-state index in [1.165, 1.54) is 18.4 Å². The third-order valence-electron chi connectivity index (χ3n) is 3.79. The number of hydrogen-bond acceptors (Lipinski definition) is 7. The fourth-order valence-electron chi connectivity index (χ4n) is 2.42. The highest BCUT2D eigenvalue weighted by atomic mass is 32.1. The Morgan fingerprint density at radius 2 is 1.75 bits per heavy atom. The predicted molar refractivity (Wildman–Crippen MR) is 106 cm³/mol. The molecule has 1 heterocycles. The highest BCUT2D eigenvalue weighted by Gasteiger charge is 2.20. The van der Waals surface area contributed by atoms with E-state index in [2.05, 4.69) is 5.32 Å². The molecule has 0 unspecified atom stereocenters. The van der Waals surface area contributed by atoms with Gasteiger partial charge in [0.2, 0.25) is 0 Å². The van der Waals surface area contributed by atoms with E-state index in [0.29, 0.717) is 16.3 Å². The minimum absolute atomic E-state index is 0.236. The van der Waals surface area contributed by atoms with E-state index in [9.17, 15) is 14.4 Å². The molecule has 0 aliphatic heterocycles. The van der Waals surface area contributed by atoms with E-state index in [4.69, 9.17) is 14.2 Å². The van der Waals surface area contributed by atoms with Crippen molar-refractivity contribution in [2.45, 2.75) is 27.2 Å². The third-order valence-corrected chi connectivity index (χ3v) is 4.98. The summed E-state index contributed by atoms with van der Waals surface area (Å²) in [5.41, 5.74) is 1.40. The summed E-state index contributed by atoms with van der Waals surface area (Å²) in [6, 6.07) is 6.80. The molecule has 0 aliphatic rings. The van der Waals surface area contributed by atoms with Gasteiger partial charge in [-0.15, -0.1) is 11.3 Å². The van der Waals surface area contributed by atoms with E-state index in [1.54, 1.807) is 31.2 Å². The highest BCUT2D eigenvalue weighted by Crippen LogP contribution is 2.29. The average Bonchev–Trinajstić information content (AvgIpc) is 3.09. The van der Waals surface area contributed by atoms with Crippen molar-refractivity contribution < 1.29 is 28.6 Å². The lowest BCUT2D eigenvalue weighted by Crippen LogP contribution is -2.22. The van der Waals surface area contributed by atoms with Crippen molar-refractivity contribution in [2.75, 3.05) is 25.6 Å². The highest BCUT2D eigenvalue weighted by molar-refractivity contribution is 7.16. The number of methoxy groups -OCH3 is 1. The summed E-state index contributed by atoms with van der Waals surface area (Å²) in [6.45, 7) is 5.24. The van der Waals surface area contributed by atoms with Crippen LogP contribution in [0.1, 0.15) is 45.0 Å². The monoisotopic (exact) mass is 405 g/mol. The van der Waals surface area contributed by atoms with Gasteiger partial charge in [0, 0.05) is 4.88 Å². The number of carbonyl (C=O) groups excluding carboxylic acids is 3. The Morgan fingerprint density at radius 1 is 1.04 bits per heavy atom. The lowest BCUT2D eigenvalue weighted by Gasteiger charge is -2.10. The number of amides is 1. The average molecular weight is 405 g/mol. The normalized spacial score (nSPS) is 10.3. The maximum absolute atomic E-state index is 12.3. The molecule has 28 heavy (non-hydrogen) atoms. The zero-order valence-corrected chi connectivity index (χ0v) is 17.1. The Hall–Kier alpha value is -2.87. The number of carbonyl (C=O) groups is 3. The first kappa shape index (κ1) is 21.4. The van der Waals surface area contributed by atoms with Crippen LogP contribution in [0.4, 0.5) is 5.00 Å². The molecule has 0 saturated carbocycles. The molecule has 2 rings (SSSR count). The molecule has 0 aliphatic carbocycles. The molecule has 0 bridgehead atoms. The number of ether oxygens (including phenoxy) is 3. The van der Waals surface area contributed by atoms with Gasteiger partial charge in [0.15, 0.2) is 6.61 Å². The van der Waals surface area contributed by atoms with Gasteiger partial charge in [-0.05, 0) is 38.5 Å². The SMILES string of the molecule is CCOC(=O)c1cc(CC)sc1NC(=O)COC(=O)c1cc(C)ccc1OC. The first-order valence-corrected chi connectivity index (χ1v) is 9.62. The van der Waals surface area contributed by atoms with Crippen molar-refractivity contribution in [3.8, 4) is 5.75 Å². The van der Waals surface area contributed by atoms with Crippen molar-refractivity contribution in [3.05, 3.63) is 45.8 Å². The van der Waals surface area contributed by atoms with Gasteiger partial charge in [0.25, 0.3) is 5.91 Å². The Labute approximate surface area is 167 Å². The molecular formula is C20H23NO6S. The second-order valence-corrected chi connectivity index (χ2v) is 6.99. The van der Waals surface area contributed by atoms with Crippen LogP contribution in [-0.2, 0) is 20.7 Å². The molecule has 0 fully saturated rings. The molecule has 1 N–H and O–H groups in total. The number of esters is 2. The van der Waals surface area contributed by atoms with E-state index in [-0.39, 0.29) is 12.2 Å². The smallest absolute Gasteiger partial charge is 0.342 e. The standard InChI is InChI=1S/C20H23NO6S/c1-5-13-10-15(20(24)26-6-2)18(28-13)21-17(22)11-27-19(23)14-9-12(3)7-8-16(14)25-4/h7-10H,5-6,11H2,1-4H3,(H,21,22). The number of thiophene rings is 1. The van der Waals surface area contributed by atoms with Gasteiger partial charge in [-0.25, -0.2) is 9.59 Å². The number of nitrogens with one attached hydrogen (secondary N) is 1. The fourth-order valence-corrected chi connectivity index (χ4v) is 3.42. The molecule has 1 aromatic heterocycles. The number of hydrogen-bond donors (Lipinski definition) is 1. The van der Waals surface area contributed by atoms with Crippen molar-refractivity contribution in [3.63, 3.8) is 0 Å². The van der Waals surface area contributed by atoms with Gasteiger partial charge >= 0.3 is 11.9 Å². The number of rotatable bonds is 8. The molecule has 150 valence electrons. The molecule has 8 heteroatoms. The second kappa shape index (κ2) is 9.89. The minimum Gasteiger partial charge on any atom is -0.496 e. The van der Waals surface area contributed by atoms with E-state index < -0.39 is 24.5 Å². The van der Waals surface area contributed by atoms with Crippen LogP contribution >= 0.6 is 11.3 Å². The third kappa shape index (κ3) is 5.32. The maximum Gasteiger partial charge on any atom is 0.342 e. The zero-order chi connectivity index (χ0) is 20.7. The largest absolute Gasteiger partial charge is 0.496 e. The van der Waals surface area contributed by atoms with Crippen LogP contribution in [0.2, 0.25) is 0 Å². The summed E-state index contributed by atoms with van der Waals surface area (Å²) in [5.74, 6) is -1.35. The molecule has 1 amide bonds. The van der Waals surface area contributed by atoms with E-state index in [0.717, 1.165) is 16.9 Å². The Morgan fingerprint density at radius 3 is 2.39 bits per heavy atom. The van der Waals surface area contributed by atoms with E-state index >= 15 is 0 Å². The van der Waals surface area contributed by atoms with Crippen molar-refractivity contribution >= 4 is 34.2 Å². The van der Waals surface area contributed by atoms with Crippen molar-refractivity contribution in [1.29, 1.82) is 0 Å². The lowest BCUT2D eigenvalue weighted by molar-refractivity contribution is -0.119. The van der Waals surface area contributed by atoms with Crippen LogP contribution in [0.25, 0.3) is 0 Å². The summed E-state index contributed by atoms with van der Waals surface area (Å²) < 4.78 is 15.3. The summed E-state index contributed by atoms with van der Waals surface area (Å²) >= 11 is 1.29. The van der Waals surface area contributed by atoms with Gasteiger partial charge in [-0.3, -0.25) is 4.79 Å². The van der Waals surface area contributed by atoms with Crippen LogP contribution < -0.4 is 10.1 Å². The molecule has 0 radical (unpaired) electrons. The maximum atomic E-state index is 12.3. The zero-order valence-electron chi connectivity index (χ0n) is 16.3. The lowest BCUT2D eigenvalue weighted by atomic mass is 10.1. The van der Waals surface area contributed by atoms with Gasteiger partial charge in [-0.2, -0.15) is 0 Å². The molecule has 2 aromatic rings. The molecule has 7 nitrogen and oxygen atoms in total. The summed E-state index contributed by atoms with van der Waals surface area (Å²) in [4.78, 5) is 37.5. The minimum atomic E-state index is -0.665. The Bertz CT molecular complexity index is 874. The van der Waals surface area contributed by atoms with Crippen molar-refractivity contribution in [1.82, 2.24) is 0 Å². The number of aryl methyl sites for hydroxylation is 2. The van der Waals surface area contributed by atoms with Crippen molar-refractivity contribution in [2.24, 2.45) is 0 Å². The topological polar surface area (TPSA) is 90.9 Å². The van der Waals surface area contributed by atoms with Crippen LogP contribution in [0.3, 0.4) is 0 Å². The summed E-state index contributed by atoms with van der Waals surface area (Å²) in [5, 5.41) is 3.00. The van der Waals surface area contributed by atoms with Crippen LogP contribution in [-0.4, -0.2) is 38.2 Å². The molecule has 0 spiro atoms. The first-order valence-electron chi connectivity index (χ1n) is 8.81. The van der Waals surface area contributed by atoms with Crippen LogP contribution in [0.5, 0.6) is 5.75 Å². The van der Waals surface area contributed by atoms with Crippen LogP contribution in [0, 0.1) is 6.92 Å². The molecular weight excluding hydrogens is 382 g/mol. The van der Waals surface area contributed by atoms with E-state index in [1.807, 2.05) is 13.8 Å². The number of benzene rings is 1. The summed E-state index contributed by atoms with van der Waals surface area (Å²) in [6.07, 6.45) is 0.717. The fraction of sp³-hybridized carbons (Fsp3) is 0.350. The van der Waals surface area contributed by atoms with Gasteiger partial charge in [-0.1, -0.05) is 18.6 Å². The molecule has 0 saturated heterocycles. The first-order chi connectivity index (χ1) is 13.4. The Kier molecular flexibility index (Phi) is 7.57. The summed E-state index contributed by atoms with van der Waals surface area (Å²) in [7, 11) is 1.45. The van der Waals surface area contributed by atoms with Crippen LogP contribution in [0.15, 0.2) is 24.3 Å². The predicted octanol–water partition coefficient (Wildman–Crippen LogP) is 3.60. The molecule has 1 aromatic carbocycles. The van der Waals surface area contributed by atoms with Gasteiger partial charge < -0.3 is 19.5 Å². The number of anilines is 1. The Balaban J connectivity index is 2.05.